The lowest BCUT2D eigenvalue weighted by Crippen LogP contribution is -2.56. The molecule has 0 aliphatic carbocycles. The first kappa shape index (κ1) is 16.2. The third-order valence-corrected chi connectivity index (χ3v) is 4.71. The maximum atomic E-state index is 12.5. The lowest BCUT2D eigenvalue weighted by Gasteiger charge is -2.38. The molecule has 0 aromatic carbocycles. The van der Waals surface area contributed by atoms with Gasteiger partial charge in [0.1, 0.15) is 5.54 Å². The molecule has 0 spiro atoms. The Morgan fingerprint density at radius 2 is 1.90 bits per heavy atom. The SMILES string of the molecule is CCC1(C(=O)O)CCCN1CC(=O)N1CC(C)OC(C)C1. The second kappa shape index (κ2) is 6.32. The Hall–Kier alpha value is -1.14. The highest BCUT2D eigenvalue weighted by Gasteiger charge is 2.47. The van der Waals surface area contributed by atoms with Crippen molar-refractivity contribution in [3.63, 3.8) is 0 Å². The van der Waals surface area contributed by atoms with E-state index in [0.29, 0.717) is 32.5 Å². The molecule has 0 bridgehead atoms. The molecule has 0 saturated carbocycles. The van der Waals surface area contributed by atoms with Crippen molar-refractivity contribution < 1.29 is 19.4 Å². The molecule has 0 radical (unpaired) electrons. The standard InChI is InChI=1S/C15H26N2O4/c1-4-15(14(19)20)6-5-7-17(15)10-13(18)16-8-11(2)21-12(3)9-16/h11-12H,4-10H2,1-3H3,(H,19,20). The fourth-order valence-electron chi connectivity index (χ4n) is 3.60. The monoisotopic (exact) mass is 298 g/mol. The summed E-state index contributed by atoms with van der Waals surface area (Å²) in [6.45, 7) is 7.85. The molecule has 0 aromatic rings. The number of rotatable bonds is 4. The van der Waals surface area contributed by atoms with E-state index >= 15 is 0 Å². The number of likely N-dealkylation sites (tertiary alicyclic amines) is 1. The summed E-state index contributed by atoms with van der Waals surface area (Å²) >= 11 is 0. The van der Waals surface area contributed by atoms with Crippen LogP contribution in [0.1, 0.15) is 40.0 Å². The number of carbonyl (C=O) groups excluding carboxylic acids is 1. The number of carboxylic acid groups (broad SMARTS) is 1. The molecule has 2 saturated heterocycles. The fraction of sp³-hybridized carbons (Fsp3) is 0.867. The van der Waals surface area contributed by atoms with E-state index in [1.807, 2.05) is 25.7 Å². The summed E-state index contributed by atoms with van der Waals surface area (Å²) < 4.78 is 5.64. The zero-order valence-corrected chi connectivity index (χ0v) is 13.2. The Morgan fingerprint density at radius 3 is 2.43 bits per heavy atom. The summed E-state index contributed by atoms with van der Waals surface area (Å²) in [6.07, 6.45) is 2.06. The number of hydrogen-bond acceptors (Lipinski definition) is 4. The number of ether oxygens (including phenoxy) is 1. The minimum atomic E-state index is -0.862. The smallest absolute Gasteiger partial charge is 0.324 e. The molecule has 21 heavy (non-hydrogen) atoms. The van der Waals surface area contributed by atoms with Gasteiger partial charge in [0.05, 0.1) is 18.8 Å². The Morgan fingerprint density at radius 1 is 1.29 bits per heavy atom. The molecule has 2 aliphatic rings. The zero-order valence-electron chi connectivity index (χ0n) is 13.2. The van der Waals surface area contributed by atoms with Crippen molar-refractivity contribution in [1.29, 1.82) is 0 Å². The van der Waals surface area contributed by atoms with E-state index < -0.39 is 11.5 Å². The van der Waals surface area contributed by atoms with Gasteiger partial charge in [-0.3, -0.25) is 14.5 Å². The molecule has 2 rings (SSSR count). The molecule has 3 atom stereocenters. The van der Waals surface area contributed by atoms with E-state index in [1.54, 1.807) is 4.90 Å². The first-order chi connectivity index (χ1) is 9.89. The molecule has 0 aromatic heterocycles. The molecule has 1 amide bonds. The Labute approximate surface area is 126 Å². The molecular weight excluding hydrogens is 272 g/mol. The minimum absolute atomic E-state index is 0.0120. The van der Waals surface area contributed by atoms with Gasteiger partial charge < -0.3 is 14.7 Å². The first-order valence-corrected chi connectivity index (χ1v) is 7.80. The Balaban J connectivity index is 2.03. The molecule has 2 aliphatic heterocycles. The molecule has 6 nitrogen and oxygen atoms in total. The van der Waals surface area contributed by atoms with Gasteiger partial charge in [-0.05, 0) is 39.7 Å². The van der Waals surface area contributed by atoms with Crippen LogP contribution in [0.5, 0.6) is 0 Å². The van der Waals surface area contributed by atoms with Crippen LogP contribution in [0.25, 0.3) is 0 Å². The summed E-state index contributed by atoms with van der Waals surface area (Å²) in [7, 11) is 0. The van der Waals surface area contributed by atoms with Crippen molar-refractivity contribution >= 4 is 11.9 Å². The van der Waals surface area contributed by atoms with Crippen LogP contribution in [0, 0.1) is 0 Å². The van der Waals surface area contributed by atoms with E-state index in [4.69, 9.17) is 4.74 Å². The van der Waals surface area contributed by atoms with Crippen molar-refractivity contribution in [3.8, 4) is 0 Å². The number of amides is 1. The molecule has 2 fully saturated rings. The minimum Gasteiger partial charge on any atom is -0.480 e. The summed E-state index contributed by atoms with van der Waals surface area (Å²) in [5, 5.41) is 9.55. The lowest BCUT2D eigenvalue weighted by molar-refractivity contribution is -0.153. The number of carbonyl (C=O) groups is 2. The topological polar surface area (TPSA) is 70.1 Å². The van der Waals surface area contributed by atoms with E-state index in [2.05, 4.69) is 0 Å². The number of carboxylic acids is 1. The normalized spacial score (nSPS) is 34.1. The van der Waals surface area contributed by atoms with Gasteiger partial charge in [-0.2, -0.15) is 0 Å². The van der Waals surface area contributed by atoms with E-state index in [0.717, 1.165) is 6.42 Å². The van der Waals surface area contributed by atoms with E-state index in [-0.39, 0.29) is 24.7 Å². The number of nitrogens with zero attached hydrogens (tertiary/aromatic N) is 2. The van der Waals surface area contributed by atoms with Crippen molar-refractivity contribution in [2.75, 3.05) is 26.2 Å². The number of aliphatic carboxylic acids is 1. The van der Waals surface area contributed by atoms with Crippen molar-refractivity contribution in [1.82, 2.24) is 9.80 Å². The highest BCUT2D eigenvalue weighted by atomic mass is 16.5. The molecule has 1 N–H and O–H groups in total. The highest BCUT2D eigenvalue weighted by molar-refractivity contribution is 5.82. The Kier molecular flexibility index (Phi) is 4.88. The molecule has 3 unspecified atom stereocenters. The van der Waals surface area contributed by atoms with Crippen LogP contribution in [0.4, 0.5) is 0 Å². The summed E-state index contributed by atoms with van der Waals surface area (Å²) in [5.41, 5.74) is -0.862. The van der Waals surface area contributed by atoms with Crippen molar-refractivity contribution in [2.24, 2.45) is 0 Å². The predicted molar refractivity (Wildman–Crippen MR) is 78.1 cm³/mol. The average Bonchev–Trinajstić information content (AvgIpc) is 2.81. The number of hydrogen-bond donors (Lipinski definition) is 1. The zero-order chi connectivity index (χ0) is 15.6. The van der Waals surface area contributed by atoms with Crippen LogP contribution in [-0.2, 0) is 14.3 Å². The predicted octanol–water partition coefficient (Wildman–Crippen LogP) is 0.951. The van der Waals surface area contributed by atoms with Crippen molar-refractivity contribution in [3.05, 3.63) is 0 Å². The summed E-state index contributed by atoms with van der Waals surface area (Å²) in [5.74, 6) is -0.794. The van der Waals surface area contributed by atoms with Crippen LogP contribution in [0.2, 0.25) is 0 Å². The third kappa shape index (κ3) is 3.21. The van der Waals surface area contributed by atoms with Crippen LogP contribution in [-0.4, -0.2) is 70.7 Å². The quantitative estimate of drug-likeness (QED) is 0.837. The van der Waals surface area contributed by atoms with Gasteiger partial charge in [-0.1, -0.05) is 6.92 Å². The second-order valence-corrected chi connectivity index (χ2v) is 6.27. The Bertz CT molecular complexity index is 404. The number of morpholine rings is 1. The fourth-order valence-corrected chi connectivity index (χ4v) is 3.60. The summed E-state index contributed by atoms with van der Waals surface area (Å²) in [4.78, 5) is 27.8. The molecule has 6 heteroatoms. The lowest BCUT2D eigenvalue weighted by atomic mass is 9.93. The average molecular weight is 298 g/mol. The van der Waals surface area contributed by atoms with Crippen LogP contribution in [0.15, 0.2) is 0 Å². The van der Waals surface area contributed by atoms with Crippen molar-refractivity contribution in [2.45, 2.75) is 57.8 Å². The van der Waals surface area contributed by atoms with Gasteiger partial charge in [0.25, 0.3) is 0 Å². The van der Waals surface area contributed by atoms with Gasteiger partial charge >= 0.3 is 5.97 Å². The van der Waals surface area contributed by atoms with Crippen LogP contribution < -0.4 is 0 Å². The van der Waals surface area contributed by atoms with Crippen LogP contribution in [0.3, 0.4) is 0 Å². The first-order valence-electron chi connectivity index (χ1n) is 7.80. The maximum Gasteiger partial charge on any atom is 0.324 e. The van der Waals surface area contributed by atoms with Crippen LogP contribution >= 0.6 is 0 Å². The largest absolute Gasteiger partial charge is 0.480 e. The van der Waals surface area contributed by atoms with Gasteiger partial charge in [0.2, 0.25) is 5.91 Å². The highest BCUT2D eigenvalue weighted by Crippen LogP contribution is 2.32. The molecule has 120 valence electrons. The van der Waals surface area contributed by atoms with Gasteiger partial charge in [0, 0.05) is 13.1 Å². The summed E-state index contributed by atoms with van der Waals surface area (Å²) in [6, 6.07) is 0. The van der Waals surface area contributed by atoms with Gasteiger partial charge in [-0.15, -0.1) is 0 Å². The maximum absolute atomic E-state index is 12.5. The third-order valence-electron chi connectivity index (χ3n) is 4.71. The molecular formula is C15H26N2O4. The molecule has 2 heterocycles. The van der Waals surface area contributed by atoms with Gasteiger partial charge in [-0.25, -0.2) is 0 Å². The van der Waals surface area contributed by atoms with E-state index in [1.165, 1.54) is 0 Å². The van der Waals surface area contributed by atoms with E-state index in [9.17, 15) is 14.7 Å². The second-order valence-electron chi connectivity index (χ2n) is 6.27. The van der Waals surface area contributed by atoms with Gasteiger partial charge in [0.15, 0.2) is 0 Å².